The molecule has 0 bridgehead atoms. The van der Waals surface area contributed by atoms with E-state index in [-0.39, 0.29) is 11.9 Å². The molecule has 4 nitrogen and oxygen atoms in total. The molecule has 0 aromatic heterocycles. The van der Waals surface area contributed by atoms with Gasteiger partial charge in [0.25, 0.3) is 0 Å². The maximum absolute atomic E-state index is 12.2. The summed E-state index contributed by atoms with van der Waals surface area (Å²) in [6.07, 6.45) is 0. The molecule has 0 spiro atoms. The van der Waals surface area contributed by atoms with E-state index in [9.17, 15) is 4.79 Å². The zero-order valence-electron chi connectivity index (χ0n) is 14.3. The molecule has 5 heteroatoms. The summed E-state index contributed by atoms with van der Waals surface area (Å²) < 4.78 is 5.29. The predicted molar refractivity (Wildman–Crippen MR) is 97.3 cm³/mol. The quantitative estimate of drug-likeness (QED) is 0.832. The van der Waals surface area contributed by atoms with Gasteiger partial charge in [0.1, 0.15) is 5.75 Å². The van der Waals surface area contributed by atoms with Gasteiger partial charge >= 0.3 is 0 Å². The van der Waals surface area contributed by atoms with Crippen LogP contribution < -0.4 is 10.1 Å². The van der Waals surface area contributed by atoms with Crippen molar-refractivity contribution in [3.8, 4) is 5.75 Å². The zero-order chi connectivity index (χ0) is 17.5. The number of hydrogen-bond acceptors (Lipinski definition) is 3. The van der Waals surface area contributed by atoms with Gasteiger partial charge in [0.05, 0.1) is 13.7 Å². The molecular weight excluding hydrogens is 324 g/mol. The average Bonchev–Trinajstić information content (AvgIpc) is 2.60. The molecule has 0 saturated heterocycles. The van der Waals surface area contributed by atoms with Crippen LogP contribution in [0.3, 0.4) is 0 Å². The number of nitrogens with one attached hydrogen (secondary N) is 1. The first-order valence-electron chi connectivity index (χ1n) is 7.85. The number of rotatable bonds is 7. The summed E-state index contributed by atoms with van der Waals surface area (Å²) in [6, 6.07) is 15.5. The first kappa shape index (κ1) is 18.3. The van der Waals surface area contributed by atoms with Gasteiger partial charge in [0.15, 0.2) is 0 Å². The first-order chi connectivity index (χ1) is 11.5. The van der Waals surface area contributed by atoms with Crippen LogP contribution in [0, 0.1) is 0 Å². The van der Waals surface area contributed by atoms with E-state index in [0.717, 1.165) is 16.9 Å². The van der Waals surface area contributed by atoms with Crippen molar-refractivity contribution < 1.29 is 9.53 Å². The molecule has 1 amide bonds. The highest BCUT2D eigenvalue weighted by Crippen LogP contribution is 2.20. The number of carbonyl (C=O) groups is 1. The smallest absolute Gasteiger partial charge is 0.234 e. The molecule has 0 aliphatic carbocycles. The van der Waals surface area contributed by atoms with Gasteiger partial charge in [-0.05, 0) is 37.7 Å². The maximum Gasteiger partial charge on any atom is 0.234 e. The van der Waals surface area contributed by atoms with E-state index in [2.05, 4.69) is 12.2 Å². The van der Waals surface area contributed by atoms with Crippen LogP contribution in [-0.4, -0.2) is 31.5 Å². The highest BCUT2D eigenvalue weighted by atomic mass is 35.5. The lowest BCUT2D eigenvalue weighted by molar-refractivity contribution is -0.122. The van der Waals surface area contributed by atoms with E-state index in [1.54, 1.807) is 7.11 Å². The van der Waals surface area contributed by atoms with Gasteiger partial charge in [-0.15, -0.1) is 0 Å². The molecule has 1 N–H and O–H groups in total. The van der Waals surface area contributed by atoms with Crippen molar-refractivity contribution in [2.75, 3.05) is 20.7 Å². The Balaban J connectivity index is 1.88. The lowest BCUT2D eigenvalue weighted by Gasteiger charge is -2.24. The van der Waals surface area contributed by atoms with Crippen molar-refractivity contribution in [1.29, 1.82) is 0 Å². The normalized spacial score (nSPS) is 12.0. The predicted octanol–water partition coefficient (Wildman–Crippen LogP) is 3.66. The number of nitrogens with zero attached hydrogens (tertiary/aromatic N) is 1. The zero-order valence-corrected chi connectivity index (χ0v) is 15.0. The fourth-order valence-electron chi connectivity index (χ4n) is 2.46. The second-order valence-electron chi connectivity index (χ2n) is 5.73. The summed E-state index contributed by atoms with van der Waals surface area (Å²) in [5.74, 6) is 0.755. The van der Waals surface area contributed by atoms with Crippen molar-refractivity contribution in [2.45, 2.75) is 19.5 Å². The van der Waals surface area contributed by atoms with E-state index in [4.69, 9.17) is 16.3 Å². The van der Waals surface area contributed by atoms with E-state index >= 15 is 0 Å². The Morgan fingerprint density at radius 2 is 1.88 bits per heavy atom. The van der Waals surface area contributed by atoms with Crippen LogP contribution in [0.1, 0.15) is 24.1 Å². The molecule has 0 aliphatic rings. The largest absolute Gasteiger partial charge is 0.496 e. The summed E-state index contributed by atoms with van der Waals surface area (Å²) in [7, 11) is 3.56. The van der Waals surface area contributed by atoms with E-state index in [0.29, 0.717) is 18.1 Å². The van der Waals surface area contributed by atoms with Gasteiger partial charge in [-0.3, -0.25) is 9.69 Å². The molecule has 0 radical (unpaired) electrons. The number of para-hydroxylation sites is 1. The minimum atomic E-state index is -0.0239. The Morgan fingerprint density at radius 1 is 1.21 bits per heavy atom. The SMILES string of the molecule is COc1ccccc1CNC(=O)CN(C)C(C)c1ccc(Cl)cc1. The Hall–Kier alpha value is -2.04. The standard InChI is InChI=1S/C19H23ClN2O2/c1-14(15-8-10-17(20)11-9-15)22(2)13-19(23)21-12-16-6-4-5-7-18(16)24-3/h4-11,14H,12-13H2,1-3H3,(H,21,23). The van der Waals surface area contributed by atoms with E-state index in [1.807, 2.05) is 60.5 Å². The summed E-state index contributed by atoms with van der Waals surface area (Å²) >= 11 is 5.92. The molecule has 0 heterocycles. The lowest BCUT2D eigenvalue weighted by Crippen LogP contribution is -2.36. The average molecular weight is 347 g/mol. The van der Waals surface area contributed by atoms with Crippen LogP contribution in [0.5, 0.6) is 5.75 Å². The monoisotopic (exact) mass is 346 g/mol. The summed E-state index contributed by atoms with van der Waals surface area (Å²) in [6.45, 7) is 2.84. The van der Waals surface area contributed by atoms with Crippen molar-refractivity contribution in [2.24, 2.45) is 0 Å². The second-order valence-corrected chi connectivity index (χ2v) is 6.17. The highest BCUT2D eigenvalue weighted by molar-refractivity contribution is 6.30. The van der Waals surface area contributed by atoms with Crippen LogP contribution in [0.2, 0.25) is 5.02 Å². The Morgan fingerprint density at radius 3 is 2.54 bits per heavy atom. The van der Waals surface area contributed by atoms with Crippen LogP contribution >= 0.6 is 11.6 Å². The molecule has 0 aliphatic heterocycles. The lowest BCUT2D eigenvalue weighted by atomic mass is 10.1. The van der Waals surface area contributed by atoms with Crippen LogP contribution in [0.15, 0.2) is 48.5 Å². The Labute approximate surface area is 148 Å². The fraction of sp³-hybridized carbons (Fsp3) is 0.316. The van der Waals surface area contributed by atoms with E-state index in [1.165, 1.54) is 0 Å². The fourth-order valence-corrected chi connectivity index (χ4v) is 2.58. The second kappa shape index (κ2) is 8.71. The van der Waals surface area contributed by atoms with Crippen LogP contribution in [0.4, 0.5) is 0 Å². The molecule has 1 atom stereocenters. The van der Waals surface area contributed by atoms with Crippen LogP contribution in [0.25, 0.3) is 0 Å². The van der Waals surface area contributed by atoms with Crippen molar-refractivity contribution in [1.82, 2.24) is 10.2 Å². The van der Waals surface area contributed by atoms with Crippen molar-refractivity contribution in [3.05, 3.63) is 64.7 Å². The molecule has 24 heavy (non-hydrogen) atoms. The minimum absolute atomic E-state index is 0.0239. The maximum atomic E-state index is 12.2. The summed E-state index contributed by atoms with van der Waals surface area (Å²) in [4.78, 5) is 14.2. The Bertz CT molecular complexity index is 673. The van der Waals surface area contributed by atoms with Crippen molar-refractivity contribution in [3.63, 3.8) is 0 Å². The number of halogens is 1. The van der Waals surface area contributed by atoms with Crippen molar-refractivity contribution >= 4 is 17.5 Å². The number of likely N-dealkylation sites (N-methyl/N-ethyl adjacent to an activating group) is 1. The number of ether oxygens (including phenoxy) is 1. The third-order valence-corrected chi connectivity index (χ3v) is 4.33. The summed E-state index contributed by atoms with van der Waals surface area (Å²) in [5, 5.41) is 3.65. The molecule has 2 aromatic rings. The molecule has 0 fully saturated rings. The summed E-state index contributed by atoms with van der Waals surface area (Å²) in [5.41, 5.74) is 2.08. The molecule has 0 saturated carbocycles. The third-order valence-electron chi connectivity index (χ3n) is 4.08. The van der Waals surface area contributed by atoms with Gasteiger partial charge in [0, 0.05) is 23.2 Å². The number of benzene rings is 2. The van der Waals surface area contributed by atoms with Gasteiger partial charge in [-0.2, -0.15) is 0 Å². The van der Waals surface area contributed by atoms with E-state index < -0.39 is 0 Å². The highest BCUT2D eigenvalue weighted by Gasteiger charge is 2.15. The molecule has 2 rings (SSSR count). The number of hydrogen-bond donors (Lipinski definition) is 1. The number of amides is 1. The minimum Gasteiger partial charge on any atom is -0.496 e. The third kappa shape index (κ3) is 4.98. The number of methoxy groups -OCH3 is 1. The van der Waals surface area contributed by atoms with Gasteiger partial charge < -0.3 is 10.1 Å². The molecule has 2 aromatic carbocycles. The topological polar surface area (TPSA) is 41.6 Å². The van der Waals surface area contributed by atoms with Gasteiger partial charge in [-0.1, -0.05) is 41.9 Å². The Kier molecular flexibility index (Phi) is 6.64. The van der Waals surface area contributed by atoms with Crippen LogP contribution in [-0.2, 0) is 11.3 Å². The number of carbonyl (C=O) groups excluding carboxylic acids is 1. The molecule has 128 valence electrons. The molecular formula is C19H23ClN2O2. The first-order valence-corrected chi connectivity index (χ1v) is 8.23. The van der Waals surface area contributed by atoms with Gasteiger partial charge in [0.2, 0.25) is 5.91 Å². The van der Waals surface area contributed by atoms with Gasteiger partial charge in [-0.25, -0.2) is 0 Å². The molecule has 1 unspecified atom stereocenters.